The standard InChI is InChI=1S/C10H13FN2/c1-3-8-4-5-9(11)10-12-7(2)6-13(8)10/h5-6,8H,3-4H2,1-2H3/t8-/m1/s1. The molecule has 1 aliphatic heterocycles. The first-order chi connectivity index (χ1) is 6.22. The highest BCUT2D eigenvalue weighted by atomic mass is 19.1. The van der Waals surface area contributed by atoms with Gasteiger partial charge in [-0.15, -0.1) is 0 Å². The molecule has 0 aromatic carbocycles. The molecule has 0 fully saturated rings. The van der Waals surface area contributed by atoms with Crippen LogP contribution < -0.4 is 0 Å². The molecule has 0 bridgehead atoms. The van der Waals surface area contributed by atoms with Crippen LogP contribution in [0.3, 0.4) is 0 Å². The first-order valence-corrected chi connectivity index (χ1v) is 4.64. The molecule has 0 amide bonds. The van der Waals surface area contributed by atoms with Crippen molar-refractivity contribution >= 4 is 5.83 Å². The van der Waals surface area contributed by atoms with Crippen molar-refractivity contribution in [2.24, 2.45) is 0 Å². The molecule has 0 N–H and O–H groups in total. The van der Waals surface area contributed by atoms with Gasteiger partial charge in [-0.25, -0.2) is 9.37 Å². The van der Waals surface area contributed by atoms with Crippen molar-refractivity contribution in [3.8, 4) is 0 Å². The number of rotatable bonds is 1. The second-order valence-electron chi connectivity index (χ2n) is 3.46. The first-order valence-electron chi connectivity index (χ1n) is 4.64. The SMILES string of the molecule is CC[C@@H]1CC=C(F)c2nc(C)cn21. The number of imidazole rings is 1. The molecule has 1 atom stereocenters. The summed E-state index contributed by atoms with van der Waals surface area (Å²) < 4.78 is 15.2. The molecule has 1 aromatic rings. The highest BCUT2D eigenvalue weighted by Crippen LogP contribution is 2.30. The minimum absolute atomic E-state index is 0.183. The summed E-state index contributed by atoms with van der Waals surface area (Å²) in [4.78, 5) is 4.15. The normalized spacial score (nSPS) is 21.2. The van der Waals surface area contributed by atoms with Crippen molar-refractivity contribution in [3.05, 3.63) is 23.8 Å². The number of halogens is 1. The topological polar surface area (TPSA) is 17.8 Å². The lowest BCUT2D eigenvalue weighted by atomic mass is 10.1. The number of aromatic nitrogens is 2. The first kappa shape index (κ1) is 8.48. The summed E-state index contributed by atoms with van der Waals surface area (Å²) in [6.45, 7) is 4.01. The van der Waals surface area contributed by atoms with Crippen LogP contribution >= 0.6 is 0 Å². The van der Waals surface area contributed by atoms with E-state index in [0.29, 0.717) is 11.9 Å². The van der Waals surface area contributed by atoms with Gasteiger partial charge in [0, 0.05) is 12.2 Å². The van der Waals surface area contributed by atoms with Gasteiger partial charge in [0.1, 0.15) is 0 Å². The molecule has 0 saturated carbocycles. The number of nitrogens with zero attached hydrogens (tertiary/aromatic N) is 2. The second kappa shape index (κ2) is 2.98. The highest BCUT2D eigenvalue weighted by Gasteiger charge is 2.21. The van der Waals surface area contributed by atoms with E-state index in [0.717, 1.165) is 18.5 Å². The number of allylic oxidation sites excluding steroid dienone is 1. The summed E-state index contributed by atoms with van der Waals surface area (Å²) >= 11 is 0. The Kier molecular flexibility index (Phi) is 1.94. The second-order valence-corrected chi connectivity index (χ2v) is 3.46. The Morgan fingerprint density at radius 2 is 2.46 bits per heavy atom. The van der Waals surface area contributed by atoms with Gasteiger partial charge in [0.25, 0.3) is 0 Å². The number of hydrogen-bond acceptors (Lipinski definition) is 1. The summed E-state index contributed by atoms with van der Waals surface area (Å²) in [6.07, 6.45) is 5.36. The summed E-state index contributed by atoms with van der Waals surface area (Å²) in [7, 11) is 0. The Labute approximate surface area is 77.1 Å². The molecule has 70 valence electrons. The quantitative estimate of drug-likeness (QED) is 0.649. The van der Waals surface area contributed by atoms with E-state index in [1.54, 1.807) is 6.08 Å². The molecule has 0 radical (unpaired) electrons. The van der Waals surface area contributed by atoms with Crippen LogP contribution in [0.5, 0.6) is 0 Å². The number of aryl methyl sites for hydroxylation is 1. The van der Waals surface area contributed by atoms with E-state index in [1.807, 2.05) is 17.7 Å². The molecule has 0 aliphatic carbocycles. The molecule has 2 nitrogen and oxygen atoms in total. The van der Waals surface area contributed by atoms with Crippen molar-refractivity contribution in [1.82, 2.24) is 9.55 Å². The van der Waals surface area contributed by atoms with Crippen LogP contribution in [0, 0.1) is 6.92 Å². The molecule has 0 spiro atoms. The third-order valence-electron chi connectivity index (χ3n) is 2.50. The molecule has 2 heterocycles. The molecular formula is C10H13FN2. The van der Waals surface area contributed by atoms with Crippen LogP contribution in [0.25, 0.3) is 5.83 Å². The monoisotopic (exact) mass is 180 g/mol. The summed E-state index contributed by atoms with van der Waals surface area (Å²) in [5, 5.41) is 0. The molecule has 0 saturated heterocycles. The smallest absolute Gasteiger partial charge is 0.169 e. The van der Waals surface area contributed by atoms with Crippen molar-refractivity contribution in [3.63, 3.8) is 0 Å². The van der Waals surface area contributed by atoms with E-state index in [9.17, 15) is 4.39 Å². The predicted octanol–water partition coefficient (Wildman–Crippen LogP) is 2.86. The Morgan fingerprint density at radius 3 is 3.15 bits per heavy atom. The lowest BCUT2D eigenvalue weighted by molar-refractivity contribution is 0.466. The van der Waals surface area contributed by atoms with Crippen LogP contribution in [0.2, 0.25) is 0 Å². The molecule has 13 heavy (non-hydrogen) atoms. The minimum atomic E-state index is -0.183. The van der Waals surface area contributed by atoms with E-state index in [-0.39, 0.29) is 5.83 Å². The van der Waals surface area contributed by atoms with Crippen LogP contribution in [0.15, 0.2) is 12.3 Å². The van der Waals surface area contributed by atoms with Gasteiger partial charge in [0.05, 0.1) is 5.69 Å². The van der Waals surface area contributed by atoms with Gasteiger partial charge in [0.15, 0.2) is 11.7 Å². The Morgan fingerprint density at radius 1 is 1.69 bits per heavy atom. The van der Waals surface area contributed by atoms with Crippen molar-refractivity contribution in [2.45, 2.75) is 32.7 Å². The van der Waals surface area contributed by atoms with Crippen LogP contribution in [-0.2, 0) is 0 Å². The zero-order valence-corrected chi connectivity index (χ0v) is 7.92. The third-order valence-corrected chi connectivity index (χ3v) is 2.50. The summed E-state index contributed by atoms with van der Waals surface area (Å²) in [5.74, 6) is 0.313. The maximum atomic E-state index is 13.3. The average molecular weight is 180 g/mol. The molecule has 1 aliphatic rings. The van der Waals surface area contributed by atoms with E-state index in [1.165, 1.54) is 0 Å². The number of fused-ring (bicyclic) bond motifs is 1. The molecular weight excluding hydrogens is 167 g/mol. The fraction of sp³-hybridized carbons (Fsp3) is 0.500. The minimum Gasteiger partial charge on any atom is -0.325 e. The van der Waals surface area contributed by atoms with Gasteiger partial charge in [0.2, 0.25) is 0 Å². The zero-order chi connectivity index (χ0) is 9.42. The number of hydrogen-bond donors (Lipinski definition) is 0. The average Bonchev–Trinajstić information content (AvgIpc) is 2.48. The predicted molar refractivity (Wildman–Crippen MR) is 50.0 cm³/mol. The Balaban J connectivity index is 2.49. The van der Waals surface area contributed by atoms with E-state index < -0.39 is 0 Å². The lowest BCUT2D eigenvalue weighted by Gasteiger charge is -2.20. The van der Waals surface area contributed by atoms with Gasteiger partial charge in [-0.3, -0.25) is 0 Å². The van der Waals surface area contributed by atoms with Gasteiger partial charge in [-0.2, -0.15) is 0 Å². The molecule has 3 heteroatoms. The fourth-order valence-corrected chi connectivity index (χ4v) is 1.78. The molecule has 1 aromatic heterocycles. The Bertz CT molecular complexity index is 352. The maximum Gasteiger partial charge on any atom is 0.169 e. The summed E-state index contributed by atoms with van der Waals surface area (Å²) in [5.41, 5.74) is 0.888. The largest absolute Gasteiger partial charge is 0.325 e. The summed E-state index contributed by atoms with van der Waals surface area (Å²) in [6, 6.07) is 0.385. The lowest BCUT2D eigenvalue weighted by Crippen LogP contribution is -2.12. The molecule has 2 rings (SSSR count). The van der Waals surface area contributed by atoms with E-state index in [4.69, 9.17) is 0 Å². The van der Waals surface area contributed by atoms with Crippen molar-refractivity contribution in [2.75, 3.05) is 0 Å². The van der Waals surface area contributed by atoms with Crippen molar-refractivity contribution in [1.29, 1.82) is 0 Å². The van der Waals surface area contributed by atoms with Crippen LogP contribution in [0.4, 0.5) is 4.39 Å². The highest BCUT2D eigenvalue weighted by molar-refractivity contribution is 5.54. The van der Waals surface area contributed by atoms with Gasteiger partial charge in [-0.1, -0.05) is 6.92 Å². The van der Waals surface area contributed by atoms with Gasteiger partial charge < -0.3 is 4.57 Å². The molecule has 0 unspecified atom stereocenters. The van der Waals surface area contributed by atoms with Crippen LogP contribution in [-0.4, -0.2) is 9.55 Å². The van der Waals surface area contributed by atoms with E-state index >= 15 is 0 Å². The Hall–Kier alpha value is -1.12. The van der Waals surface area contributed by atoms with Gasteiger partial charge >= 0.3 is 0 Å². The maximum absolute atomic E-state index is 13.3. The van der Waals surface area contributed by atoms with Gasteiger partial charge in [-0.05, 0) is 25.8 Å². The fourth-order valence-electron chi connectivity index (χ4n) is 1.78. The van der Waals surface area contributed by atoms with Crippen molar-refractivity contribution < 1.29 is 4.39 Å². The third kappa shape index (κ3) is 1.28. The van der Waals surface area contributed by atoms with Crippen LogP contribution in [0.1, 0.15) is 37.3 Å². The van der Waals surface area contributed by atoms with E-state index in [2.05, 4.69) is 11.9 Å². The zero-order valence-electron chi connectivity index (χ0n) is 7.92.